The zero-order valence-electron chi connectivity index (χ0n) is 12.9. The largest absolute Gasteiger partial charge is 0.497 e. The molecule has 1 atom stereocenters. The summed E-state index contributed by atoms with van der Waals surface area (Å²) in [6, 6.07) is 6.32. The van der Waals surface area contributed by atoms with Crippen molar-refractivity contribution in [2.24, 2.45) is 5.92 Å². The van der Waals surface area contributed by atoms with E-state index in [0.717, 1.165) is 24.2 Å². The molecule has 0 spiro atoms. The van der Waals surface area contributed by atoms with Crippen molar-refractivity contribution in [1.82, 2.24) is 5.32 Å². The minimum atomic E-state index is -1.00. The minimum Gasteiger partial charge on any atom is -0.497 e. The molecule has 1 aromatic rings. The molecule has 5 nitrogen and oxygen atoms in total. The van der Waals surface area contributed by atoms with Crippen LogP contribution in [-0.2, 0) is 16.0 Å². The monoisotopic (exact) mass is 305 g/mol. The van der Waals surface area contributed by atoms with Gasteiger partial charge in [0.25, 0.3) is 0 Å². The van der Waals surface area contributed by atoms with E-state index in [4.69, 9.17) is 4.74 Å². The first-order valence-corrected chi connectivity index (χ1v) is 7.73. The highest BCUT2D eigenvalue weighted by atomic mass is 16.5. The van der Waals surface area contributed by atoms with E-state index < -0.39 is 12.0 Å². The first kappa shape index (κ1) is 16.3. The summed E-state index contributed by atoms with van der Waals surface area (Å²) in [5.41, 5.74) is 0.856. The standard InChI is InChI=1S/C17H23NO4/c1-22-14-8-6-13(7-9-14)10-15(17(20)21)18-16(19)11-12-4-2-3-5-12/h6-9,12,15H,2-5,10-11H2,1H3,(H,18,19)(H,20,21)/t15-/m1/s1. The molecular formula is C17H23NO4. The number of carboxylic acids is 1. The first-order chi connectivity index (χ1) is 10.6. The average molecular weight is 305 g/mol. The Labute approximate surface area is 130 Å². The third kappa shape index (κ3) is 4.76. The van der Waals surface area contributed by atoms with Crippen LogP contribution in [0, 0.1) is 5.92 Å². The van der Waals surface area contributed by atoms with Crippen LogP contribution in [0.4, 0.5) is 0 Å². The predicted octanol–water partition coefficient (Wildman–Crippen LogP) is 2.39. The molecule has 0 radical (unpaired) electrons. The summed E-state index contributed by atoms with van der Waals surface area (Å²) >= 11 is 0. The van der Waals surface area contributed by atoms with Gasteiger partial charge in [-0.3, -0.25) is 4.79 Å². The van der Waals surface area contributed by atoms with Crippen molar-refractivity contribution in [3.8, 4) is 5.75 Å². The molecule has 2 rings (SSSR count). The summed E-state index contributed by atoms with van der Waals surface area (Å²) in [7, 11) is 1.58. The molecule has 22 heavy (non-hydrogen) atoms. The third-order valence-electron chi connectivity index (χ3n) is 4.18. The number of amides is 1. The maximum Gasteiger partial charge on any atom is 0.326 e. The van der Waals surface area contributed by atoms with Gasteiger partial charge in [-0.05, 0) is 36.5 Å². The van der Waals surface area contributed by atoms with Crippen molar-refractivity contribution in [2.75, 3.05) is 7.11 Å². The Hall–Kier alpha value is -2.04. The summed E-state index contributed by atoms with van der Waals surface area (Å²) in [4.78, 5) is 23.4. The molecule has 1 amide bonds. The van der Waals surface area contributed by atoms with Crippen LogP contribution in [0.25, 0.3) is 0 Å². The van der Waals surface area contributed by atoms with Crippen LogP contribution in [0.5, 0.6) is 5.75 Å². The van der Waals surface area contributed by atoms with Crippen LogP contribution in [0.2, 0.25) is 0 Å². The SMILES string of the molecule is COc1ccc(C[C@@H](NC(=O)CC2CCCC2)C(=O)O)cc1. The molecule has 2 N–H and O–H groups in total. The Kier molecular flexibility index (Phi) is 5.81. The molecule has 5 heteroatoms. The molecule has 0 bridgehead atoms. The smallest absolute Gasteiger partial charge is 0.326 e. The number of nitrogens with one attached hydrogen (secondary N) is 1. The van der Waals surface area contributed by atoms with Crippen LogP contribution in [0.15, 0.2) is 24.3 Å². The van der Waals surface area contributed by atoms with Crippen molar-refractivity contribution < 1.29 is 19.4 Å². The highest BCUT2D eigenvalue weighted by Gasteiger charge is 2.23. The molecule has 1 saturated carbocycles. The van der Waals surface area contributed by atoms with E-state index in [1.807, 2.05) is 12.1 Å². The molecule has 0 unspecified atom stereocenters. The minimum absolute atomic E-state index is 0.159. The Balaban J connectivity index is 1.90. The van der Waals surface area contributed by atoms with Gasteiger partial charge in [-0.2, -0.15) is 0 Å². The molecule has 1 aliphatic carbocycles. The fourth-order valence-electron chi connectivity index (χ4n) is 2.93. The van der Waals surface area contributed by atoms with E-state index in [1.165, 1.54) is 12.8 Å². The molecule has 0 heterocycles. The number of ether oxygens (including phenoxy) is 1. The zero-order valence-corrected chi connectivity index (χ0v) is 12.9. The van der Waals surface area contributed by atoms with Crippen molar-refractivity contribution in [3.05, 3.63) is 29.8 Å². The van der Waals surface area contributed by atoms with E-state index in [2.05, 4.69) is 5.32 Å². The van der Waals surface area contributed by atoms with Crippen molar-refractivity contribution in [1.29, 1.82) is 0 Å². The average Bonchev–Trinajstić information content (AvgIpc) is 3.00. The molecule has 1 fully saturated rings. The van der Waals surface area contributed by atoms with Crippen LogP contribution >= 0.6 is 0 Å². The van der Waals surface area contributed by atoms with E-state index in [1.54, 1.807) is 19.2 Å². The van der Waals surface area contributed by atoms with E-state index in [0.29, 0.717) is 12.3 Å². The summed E-state index contributed by atoms with van der Waals surface area (Å²) in [5.74, 6) is -0.0280. The van der Waals surface area contributed by atoms with E-state index in [9.17, 15) is 14.7 Å². The number of hydrogen-bond acceptors (Lipinski definition) is 3. The van der Waals surface area contributed by atoms with Crippen molar-refractivity contribution in [2.45, 2.75) is 44.6 Å². The number of hydrogen-bond donors (Lipinski definition) is 2. The molecule has 1 aliphatic rings. The van der Waals surface area contributed by atoms with Gasteiger partial charge in [-0.1, -0.05) is 25.0 Å². The molecule has 1 aromatic carbocycles. The lowest BCUT2D eigenvalue weighted by Crippen LogP contribution is -2.42. The van der Waals surface area contributed by atoms with Gasteiger partial charge in [0.2, 0.25) is 5.91 Å². The molecule has 0 aromatic heterocycles. The fourth-order valence-corrected chi connectivity index (χ4v) is 2.93. The van der Waals surface area contributed by atoms with Crippen molar-refractivity contribution in [3.63, 3.8) is 0 Å². The second kappa shape index (κ2) is 7.82. The second-order valence-corrected chi connectivity index (χ2v) is 5.87. The van der Waals surface area contributed by atoms with Gasteiger partial charge >= 0.3 is 5.97 Å². The highest BCUT2D eigenvalue weighted by molar-refractivity contribution is 5.83. The number of carbonyl (C=O) groups excluding carboxylic acids is 1. The molecule has 0 saturated heterocycles. The number of carboxylic acid groups (broad SMARTS) is 1. The Morgan fingerprint density at radius 2 is 1.91 bits per heavy atom. The molecule has 120 valence electrons. The molecular weight excluding hydrogens is 282 g/mol. The number of benzene rings is 1. The first-order valence-electron chi connectivity index (χ1n) is 7.73. The lowest BCUT2D eigenvalue weighted by Gasteiger charge is -2.16. The Morgan fingerprint density at radius 1 is 1.27 bits per heavy atom. The number of rotatable bonds is 7. The lowest BCUT2D eigenvalue weighted by atomic mass is 10.0. The second-order valence-electron chi connectivity index (χ2n) is 5.87. The van der Waals surface area contributed by atoms with Crippen molar-refractivity contribution >= 4 is 11.9 Å². The highest BCUT2D eigenvalue weighted by Crippen LogP contribution is 2.27. The number of aliphatic carboxylic acids is 1. The lowest BCUT2D eigenvalue weighted by molar-refractivity contribution is -0.141. The summed E-state index contributed by atoms with van der Waals surface area (Å²) in [5, 5.41) is 12.0. The summed E-state index contributed by atoms with van der Waals surface area (Å²) < 4.78 is 5.07. The number of carbonyl (C=O) groups is 2. The summed E-state index contributed by atoms with van der Waals surface area (Å²) in [6.45, 7) is 0. The van der Waals surface area contributed by atoms with Crippen LogP contribution < -0.4 is 10.1 Å². The van der Waals surface area contributed by atoms with E-state index in [-0.39, 0.29) is 12.3 Å². The van der Waals surface area contributed by atoms with Crippen LogP contribution in [-0.4, -0.2) is 30.1 Å². The predicted molar refractivity (Wildman–Crippen MR) is 82.8 cm³/mol. The third-order valence-corrected chi connectivity index (χ3v) is 4.18. The Bertz CT molecular complexity index is 506. The van der Waals surface area contributed by atoms with Gasteiger partial charge in [0.05, 0.1) is 7.11 Å². The van der Waals surface area contributed by atoms with Gasteiger partial charge < -0.3 is 15.2 Å². The van der Waals surface area contributed by atoms with Gasteiger partial charge in [-0.25, -0.2) is 4.79 Å². The Morgan fingerprint density at radius 3 is 2.45 bits per heavy atom. The number of methoxy groups -OCH3 is 1. The fraction of sp³-hybridized carbons (Fsp3) is 0.529. The topological polar surface area (TPSA) is 75.6 Å². The van der Waals surface area contributed by atoms with Gasteiger partial charge in [0, 0.05) is 12.8 Å². The normalized spacial score (nSPS) is 16.2. The zero-order chi connectivity index (χ0) is 15.9. The summed E-state index contributed by atoms with van der Waals surface area (Å²) in [6.07, 6.45) is 5.20. The van der Waals surface area contributed by atoms with Crippen LogP contribution in [0.3, 0.4) is 0 Å². The maximum absolute atomic E-state index is 12.0. The maximum atomic E-state index is 12.0. The van der Waals surface area contributed by atoms with Gasteiger partial charge in [0.1, 0.15) is 11.8 Å². The van der Waals surface area contributed by atoms with Crippen LogP contribution in [0.1, 0.15) is 37.7 Å². The van der Waals surface area contributed by atoms with E-state index >= 15 is 0 Å². The van der Waals surface area contributed by atoms with Gasteiger partial charge in [0.15, 0.2) is 0 Å². The van der Waals surface area contributed by atoms with Gasteiger partial charge in [-0.15, -0.1) is 0 Å². The molecule has 0 aliphatic heterocycles. The quantitative estimate of drug-likeness (QED) is 0.811.